The first-order chi connectivity index (χ1) is 11.5. The summed E-state index contributed by atoms with van der Waals surface area (Å²) in [5.41, 5.74) is 1.24. The van der Waals surface area contributed by atoms with Crippen LogP contribution in [0.5, 0.6) is 0 Å². The number of rotatable bonds is 7. The molecular formula is C19H28N2O3. The van der Waals surface area contributed by atoms with E-state index in [1.54, 1.807) is 0 Å². The second-order valence-corrected chi connectivity index (χ2v) is 7.09. The maximum Gasteiger partial charge on any atom is 0.326 e. The van der Waals surface area contributed by atoms with E-state index in [1.165, 1.54) is 5.56 Å². The number of aliphatic carboxylic acids is 1. The second-order valence-electron chi connectivity index (χ2n) is 7.09. The first-order valence-corrected chi connectivity index (χ1v) is 8.75. The number of hydrogen-bond donors (Lipinski definition) is 2. The molecule has 1 aliphatic heterocycles. The van der Waals surface area contributed by atoms with Crippen LogP contribution < -0.4 is 5.32 Å². The van der Waals surface area contributed by atoms with Crippen LogP contribution in [-0.4, -0.2) is 41.0 Å². The van der Waals surface area contributed by atoms with Gasteiger partial charge in [0.2, 0.25) is 5.91 Å². The quantitative estimate of drug-likeness (QED) is 0.805. The van der Waals surface area contributed by atoms with Crippen molar-refractivity contribution in [1.82, 2.24) is 10.2 Å². The Labute approximate surface area is 144 Å². The Bertz CT molecular complexity index is 545. The van der Waals surface area contributed by atoms with Gasteiger partial charge in [0, 0.05) is 13.1 Å². The molecule has 24 heavy (non-hydrogen) atoms. The van der Waals surface area contributed by atoms with E-state index < -0.39 is 12.0 Å². The first kappa shape index (κ1) is 18.5. The molecule has 0 bridgehead atoms. The number of hydrogen-bond acceptors (Lipinski definition) is 3. The summed E-state index contributed by atoms with van der Waals surface area (Å²) in [6, 6.07) is 9.43. The van der Waals surface area contributed by atoms with Gasteiger partial charge in [0.05, 0.1) is 5.92 Å². The fraction of sp³-hybridized carbons (Fsp3) is 0.579. The van der Waals surface area contributed by atoms with Gasteiger partial charge in [-0.1, -0.05) is 44.2 Å². The summed E-state index contributed by atoms with van der Waals surface area (Å²) in [5.74, 6) is -0.973. The van der Waals surface area contributed by atoms with E-state index in [2.05, 4.69) is 22.3 Å². The lowest BCUT2D eigenvalue weighted by molar-refractivity contribution is -0.143. The summed E-state index contributed by atoms with van der Waals surface area (Å²) in [4.78, 5) is 26.1. The van der Waals surface area contributed by atoms with Gasteiger partial charge in [-0.3, -0.25) is 9.69 Å². The van der Waals surface area contributed by atoms with Crippen molar-refractivity contribution in [2.24, 2.45) is 11.8 Å². The van der Waals surface area contributed by atoms with Gasteiger partial charge in [-0.05, 0) is 37.3 Å². The van der Waals surface area contributed by atoms with E-state index in [9.17, 15) is 14.7 Å². The number of piperidine rings is 1. The molecule has 1 unspecified atom stereocenters. The van der Waals surface area contributed by atoms with Gasteiger partial charge < -0.3 is 10.4 Å². The fourth-order valence-corrected chi connectivity index (χ4v) is 3.24. The van der Waals surface area contributed by atoms with E-state index in [0.29, 0.717) is 13.0 Å². The van der Waals surface area contributed by atoms with Crippen LogP contribution in [0, 0.1) is 11.8 Å². The standard InChI is InChI=1S/C19H28N2O3/c1-14(2)11-17(19(23)24)20-18(22)16-9-6-10-21(13-16)12-15-7-4-3-5-8-15/h3-5,7-8,14,16-17H,6,9-13H2,1-2H3,(H,20,22)(H,23,24)/t16?,17-/m1/s1. The van der Waals surface area contributed by atoms with Gasteiger partial charge in [0.25, 0.3) is 0 Å². The van der Waals surface area contributed by atoms with Crippen LogP contribution in [0.15, 0.2) is 30.3 Å². The SMILES string of the molecule is CC(C)C[C@@H](NC(=O)C1CCCN(Cc2ccccc2)C1)C(=O)O. The molecule has 0 aliphatic carbocycles. The molecule has 5 nitrogen and oxygen atoms in total. The van der Waals surface area contributed by atoms with Crippen molar-refractivity contribution in [3.63, 3.8) is 0 Å². The van der Waals surface area contributed by atoms with Crippen molar-refractivity contribution in [3.05, 3.63) is 35.9 Å². The molecule has 1 aromatic rings. The topological polar surface area (TPSA) is 69.6 Å². The molecule has 2 atom stereocenters. The van der Waals surface area contributed by atoms with Gasteiger partial charge in [0.1, 0.15) is 6.04 Å². The smallest absolute Gasteiger partial charge is 0.326 e. The molecule has 1 saturated heterocycles. The van der Waals surface area contributed by atoms with Crippen molar-refractivity contribution in [1.29, 1.82) is 0 Å². The molecule has 1 heterocycles. The highest BCUT2D eigenvalue weighted by Gasteiger charge is 2.29. The Morgan fingerprint density at radius 3 is 2.62 bits per heavy atom. The van der Waals surface area contributed by atoms with Gasteiger partial charge in [-0.25, -0.2) is 4.79 Å². The Hall–Kier alpha value is -1.88. The number of carbonyl (C=O) groups is 2. The molecule has 1 fully saturated rings. The number of nitrogens with zero attached hydrogens (tertiary/aromatic N) is 1. The number of carboxylic acid groups (broad SMARTS) is 1. The molecule has 2 rings (SSSR count). The summed E-state index contributed by atoms with van der Waals surface area (Å²) in [7, 11) is 0. The summed E-state index contributed by atoms with van der Waals surface area (Å²) in [6.45, 7) is 6.43. The predicted octanol–water partition coefficient (Wildman–Crippen LogP) is 2.51. The highest BCUT2D eigenvalue weighted by Crippen LogP contribution is 2.19. The molecule has 5 heteroatoms. The van der Waals surface area contributed by atoms with Crippen molar-refractivity contribution < 1.29 is 14.7 Å². The lowest BCUT2D eigenvalue weighted by Gasteiger charge is -2.32. The van der Waals surface area contributed by atoms with E-state index >= 15 is 0 Å². The third-order valence-corrected chi connectivity index (χ3v) is 4.45. The van der Waals surface area contributed by atoms with E-state index in [1.807, 2.05) is 32.0 Å². The van der Waals surface area contributed by atoms with Crippen molar-refractivity contribution >= 4 is 11.9 Å². The van der Waals surface area contributed by atoms with Crippen molar-refractivity contribution in [2.75, 3.05) is 13.1 Å². The van der Waals surface area contributed by atoms with Crippen LogP contribution in [0.25, 0.3) is 0 Å². The monoisotopic (exact) mass is 332 g/mol. The van der Waals surface area contributed by atoms with Gasteiger partial charge >= 0.3 is 5.97 Å². The number of nitrogens with one attached hydrogen (secondary N) is 1. The Balaban J connectivity index is 1.90. The Kier molecular flexibility index (Phi) is 6.79. The van der Waals surface area contributed by atoms with Crippen LogP contribution in [-0.2, 0) is 16.1 Å². The molecule has 1 aliphatic rings. The summed E-state index contributed by atoms with van der Waals surface area (Å²) >= 11 is 0. The molecule has 1 amide bonds. The van der Waals surface area contributed by atoms with E-state index in [-0.39, 0.29) is 17.7 Å². The fourth-order valence-electron chi connectivity index (χ4n) is 3.24. The normalized spacial score (nSPS) is 19.9. The minimum absolute atomic E-state index is 0.124. The largest absolute Gasteiger partial charge is 0.480 e. The second kappa shape index (κ2) is 8.83. The third kappa shape index (κ3) is 5.64. The van der Waals surface area contributed by atoms with E-state index in [0.717, 1.165) is 25.9 Å². The van der Waals surface area contributed by atoms with Crippen LogP contribution in [0.3, 0.4) is 0 Å². The summed E-state index contributed by atoms with van der Waals surface area (Å²) < 4.78 is 0. The van der Waals surface area contributed by atoms with Crippen LogP contribution >= 0.6 is 0 Å². The first-order valence-electron chi connectivity index (χ1n) is 8.75. The third-order valence-electron chi connectivity index (χ3n) is 4.45. The van der Waals surface area contributed by atoms with Crippen LogP contribution in [0.1, 0.15) is 38.7 Å². The minimum Gasteiger partial charge on any atom is -0.480 e. The Morgan fingerprint density at radius 1 is 1.29 bits per heavy atom. The lowest BCUT2D eigenvalue weighted by Crippen LogP contribution is -2.48. The molecule has 132 valence electrons. The molecule has 2 N–H and O–H groups in total. The number of carboxylic acids is 1. The molecular weight excluding hydrogens is 304 g/mol. The predicted molar refractivity (Wildman–Crippen MR) is 93.5 cm³/mol. The van der Waals surface area contributed by atoms with Gasteiger partial charge in [-0.2, -0.15) is 0 Å². The average molecular weight is 332 g/mol. The molecule has 0 saturated carbocycles. The highest BCUT2D eigenvalue weighted by atomic mass is 16.4. The van der Waals surface area contributed by atoms with Crippen LogP contribution in [0.2, 0.25) is 0 Å². The number of carbonyl (C=O) groups excluding carboxylic acids is 1. The van der Waals surface area contributed by atoms with Crippen molar-refractivity contribution in [3.8, 4) is 0 Å². The van der Waals surface area contributed by atoms with Crippen molar-refractivity contribution in [2.45, 2.75) is 45.7 Å². The average Bonchev–Trinajstić information content (AvgIpc) is 2.55. The number of benzene rings is 1. The summed E-state index contributed by atoms with van der Waals surface area (Å²) in [6.07, 6.45) is 2.25. The maximum absolute atomic E-state index is 12.5. The van der Waals surface area contributed by atoms with E-state index in [4.69, 9.17) is 0 Å². The molecule has 0 radical (unpaired) electrons. The molecule has 0 aromatic heterocycles. The molecule has 0 spiro atoms. The highest BCUT2D eigenvalue weighted by molar-refractivity contribution is 5.85. The van der Waals surface area contributed by atoms with Gasteiger partial charge in [-0.15, -0.1) is 0 Å². The number of likely N-dealkylation sites (tertiary alicyclic amines) is 1. The zero-order chi connectivity index (χ0) is 17.5. The number of amides is 1. The zero-order valence-electron chi connectivity index (χ0n) is 14.6. The van der Waals surface area contributed by atoms with Gasteiger partial charge in [0.15, 0.2) is 0 Å². The summed E-state index contributed by atoms with van der Waals surface area (Å²) in [5, 5.41) is 12.0. The maximum atomic E-state index is 12.5. The zero-order valence-corrected chi connectivity index (χ0v) is 14.6. The lowest BCUT2D eigenvalue weighted by atomic mass is 9.95. The minimum atomic E-state index is -0.950. The van der Waals surface area contributed by atoms with Crippen LogP contribution in [0.4, 0.5) is 0 Å². The Morgan fingerprint density at radius 2 is 2.00 bits per heavy atom. The molecule has 1 aromatic carbocycles.